The lowest BCUT2D eigenvalue weighted by atomic mass is 10.2. The van der Waals surface area contributed by atoms with Gasteiger partial charge in [0, 0.05) is 15.6 Å². The minimum absolute atomic E-state index is 0.178. The second kappa shape index (κ2) is 8.95. The molecule has 3 aromatic rings. The van der Waals surface area contributed by atoms with E-state index in [1.807, 2.05) is 0 Å². The Morgan fingerprint density at radius 1 is 1.04 bits per heavy atom. The predicted molar refractivity (Wildman–Crippen MR) is 107 cm³/mol. The van der Waals surface area contributed by atoms with Crippen molar-refractivity contribution < 1.29 is 13.9 Å². The van der Waals surface area contributed by atoms with Crippen LogP contribution in [0.5, 0.6) is 5.75 Å². The number of furan rings is 1. The lowest BCUT2D eigenvalue weighted by Gasteiger charge is -2.04. The van der Waals surface area contributed by atoms with Crippen LogP contribution in [0.3, 0.4) is 0 Å². The maximum Gasteiger partial charge on any atom is 0.277 e. The van der Waals surface area contributed by atoms with E-state index >= 15 is 0 Å². The molecule has 2 aromatic carbocycles. The fraction of sp³-hybridized carbons (Fsp3) is 0.0526. The number of benzene rings is 2. The number of carbonyl (C=O) groups is 1. The van der Waals surface area contributed by atoms with Gasteiger partial charge in [-0.15, -0.1) is 0 Å². The number of ether oxygens (including phenoxy) is 1. The lowest BCUT2D eigenvalue weighted by molar-refractivity contribution is -0.123. The number of amides is 1. The highest BCUT2D eigenvalue weighted by atomic mass is 35.5. The Kier molecular flexibility index (Phi) is 6.40. The molecule has 27 heavy (non-hydrogen) atoms. The van der Waals surface area contributed by atoms with E-state index in [0.717, 1.165) is 0 Å². The highest BCUT2D eigenvalue weighted by Crippen LogP contribution is 2.31. The topological polar surface area (TPSA) is 63.8 Å². The number of rotatable bonds is 6. The molecule has 1 N–H and O–H groups in total. The molecule has 0 saturated carbocycles. The number of carbonyl (C=O) groups excluding carboxylic acids is 1. The Hall–Kier alpha value is -2.47. The predicted octanol–water partition coefficient (Wildman–Crippen LogP) is 5.44. The van der Waals surface area contributed by atoms with E-state index in [2.05, 4.69) is 10.5 Å². The van der Waals surface area contributed by atoms with Crippen LogP contribution in [-0.2, 0) is 4.79 Å². The van der Waals surface area contributed by atoms with Crippen LogP contribution in [-0.4, -0.2) is 18.7 Å². The molecule has 3 rings (SSSR count). The smallest absolute Gasteiger partial charge is 0.277 e. The average Bonchev–Trinajstić information content (AvgIpc) is 3.10. The highest BCUT2D eigenvalue weighted by Gasteiger charge is 2.08. The van der Waals surface area contributed by atoms with Gasteiger partial charge >= 0.3 is 0 Å². The van der Waals surface area contributed by atoms with Crippen molar-refractivity contribution in [2.24, 2.45) is 5.10 Å². The summed E-state index contributed by atoms with van der Waals surface area (Å²) in [5, 5.41) is 5.45. The van der Waals surface area contributed by atoms with Crippen molar-refractivity contribution in [1.29, 1.82) is 0 Å². The van der Waals surface area contributed by atoms with Crippen LogP contribution in [0.25, 0.3) is 11.3 Å². The van der Waals surface area contributed by atoms with Crippen molar-refractivity contribution in [2.75, 3.05) is 6.61 Å². The van der Waals surface area contributed by atoms with Crippen LogP contribution >= 0.6 is 34.8 Å². The quantitative estimate of drug-likeness (QED) is 0.424. The summed E-state index contributed by atoms with van der Waals surface area (Å²) in [5.41, 5.74) is 3.07. The highest BCUT2D eigenvalue weighted by molar-refractivity contribution is 6.36. The molecule has 0 unspecified atom stereocenters. The van der Waals surface area contributed by atoms with Crippen LogP contribution in [0.4, 0.5) is 0 Å². The van der Waals surface area contributed by atoms with Gasteiger partial charge in [0.25, 0.3) is 5.91 Å². The summed E-state index contributed by atoms with van der Waals surface area (Å²) >= 11 is 17.8. The minimum atomic E-state index is -0.409. The first-order valence-electron chi connectivity index (χ1n) is 7.77. The fourth-order valence-electron chi connectivity index (χ4n) is 2.14. The van der Waals surface area contributed by atoms with Gasteiger partial charge in [0.1, 0.15) is 17.3 Å². The molecular weight excluding hydrogens is 411 g/mol. The number of hydrogen-bond donors (Lipinski definition) is 1. The van der Waals surface area contributed by atoms with Gasteiger partial charge in [0.15, 0.2) is 6.61 Å². The molecule has 0 atom stereocenters. The average molecular weight is 424 g/mol. The first-order valence-corrected chi connectivity index (χ1v) is 8.90. The summed E-state index contributed by atoms with van der Waals surface area (Å²) in [4.78, 5) is 11.7. The second-order valence-corrected chi connectivity index (χ2v) is 6.64. The molecule has 1 heterocycles. The Morgan fingerprint density at radius 2 is 1.78 bits per heavy atom. The van der Waals surface area contributed by atoms with Gasteiger partial charge in [-0.3, -0.25) is 4.79 Å². The molecule has 0 radical (unpaired) electrons. The Balaban J connectivity index is 1.53. The van der Waals surface area contributed by atoms with E-state index < -0.39 is 5.91 Å². The molecule has 1 aromatic heterocycles. The minimum Gasteiger partial charge on any atom is -0.484 e. The molecule has 1 amide bonds. The number of hydrazone groups is 1. The third-order valence-electron chi connectivity index (χ3n) is 3.39. The first-order chi connectivity index (χ1) is 13.0. The third-order valence-corrected chi connectivity index (χ3v) is 4.19. The van der Waals surface area contributed by atoms with Crippen molar-refractivity contribution in [1.82, 2.24) is 5.43 Å². The van der Waals surface area contributed by atoms with Crippen LogP contribution in [0.2, 0.25) is 15.1 Å². The van der Waals surface area contributed by atoms with Gasteiger partial charge < -0.3 is 9.15 Å². The fourth-order valence-corrected chi connectivity index (χ4v) is 2.76. The molecule has 0 aliphatic heterocycles. The standard InChI is InChI=1S/C19H13Cl3N2O3/c20-12-1-4-14(5-2-12)26-11-19(25)24-23-10-15-6-8-18(27-15)16-7-3-13(21)9-17(16)22/h1-10H,11H2,(H,24,25)/b23-10+. The Morgan fingerprint density at radius 3 is 2.52 bits per heavy atom. The summed E-state index contributed by atoms with van der Waals surface area (Å²) in [5.74, 6) is 1.15. The molecule has 0 fully saturated rings. The van der Waals surface area contributed by atoms with E-state index in [4.69, 9.17) is 44.0 Å². The summed E-state index contributed by atoms with van der Waals surface area (Å²) < 4.78 is 11.0. The molecule has 0 bridgehead atoms. The zero-order valence-electron chi connectivity index (χ0n) is 13.8. The summed E-state index contributed by atoms with van der Waals surface area (Å²) in [7, 11) is 0. The van der Waals surface area contributed by atoms with Gasteiger partial charge in [0.2, 0.25) is 0 Å². The maximum atomic E-state index is 11.7. The second-order valence-electron chi connectivity index (χ2n) is 5.36. The largest absolute Gasteiger partial charge is 0.484 e. The number of nitrogens with one attached hydrogen (secondary N) is 1. The molecule has 0 aliphatic rings. The monoisotopic (exact) mass is 422 g/mol. The maximum absolute atomic E-state index is 11.7. The van der Waals surface area contributed by atoms with Crippen LogP contribution < -0.4 is 10.2 Å². The van der Waals surface area contributed by atoms with Gasteiger partial charge in [0.05, 0.1) is 11.2 Å². The molecule has 0 spiro atoms. The van der Waals surface area contributed by atoms with Crippen molar-refractivity contribution >= 4 is 46.9 Å². The van der Waals surface area contributed by atoms with E-state index in [9.17, 15) is 4.79 Å². The molecular formula is C19H13Cl3N2O3. The van der Waals surface area contributed by atoms with Crippen LogP contribution in [0.1, 0.15) is 5.76 Å². The number of nitrogens with zero attached hydrogens (tertiary/aromatic N) is 1. The van der Waals surface area contributed by atoms with Crippen LogP contribution in [0.15, 0.2) is 64.1 Å². The van der Waals surface area contributed by atoms with Crippen LogP contribution in [0, 0.1) is 0 Å². The van der Waals surface area contributed by atoms with E-state index in [0.29, 0.717) is 37.9 Å². The van der Waals surface area contributed by atoms with Crippen molar-refractivity contribution in [2.45, 2.75) is 0 Å². The van der Waals surface area contributed by atoms with Gasteiger partial charge in [-0.25, -0.2) is 5.43 Å². The molecule has 0 aliphatic carbocycles. The van der Waals surface area contributed by atoms with E-state index in [1.54, 1.807) is 54.6 Å². The molecule has 5 nitrogen and oxygen atoms in total. The van der Waals surface area contributed by atoms with Gasteiger partial charge in [-0.1, -0.05) is 34.8 Å². The normalized spacial score (nSPS) is 10.9. The summed E-state index contributed by atoms with van der Waals surface area (Å²) in [6, 6.07) is 15.3. The summed E-state index contributed by atoms with van der Waals surface area (Å²) in [6.07, 6.45) is 1.38. The number of halogens is 3. The molecule has 0 saturated heterocycles. The lowest BCUT2D eigenvalue weighted by Crippen LogP contribution is -2.24. The van der Waals surface area contributed by atoms with Crippen molar-refractivity contribution in [3.8, 4) is 17.1 Å². The SMILES string of the molecule is O=C(COc1ccc(Cl)cc1)N/N=C/c1ccc(-c2ccc(Cl)cc2Cl)o1. The van der Waals surface area contributed by atoms with Gasteiger partial charge in [-0.05, 0) is 54.6 Å². The van der Waals surface area contributed by atoms with E-state index in [-0.39, 0.29) is 6.61 Å². The zero-order valence-corrected chi connectivity index (χ0v) is 16.1. The van der Waals surface area contributed by atoms with Crippen molar-refractivity contribution in [3.05, 3.63) is 75.4 Å². The third kappa shape index (κ3) is 5.50. The van der Waals surface area contributed by atoms with E-state index in [1.165, 1.54) is 6.21 Å². The Labute approximate surface area is 170 Å². The van der Waals surface area contributed by atoms with Gasteiger partial charge in [-0.2, -0.15) is 5.10 Å². The Bertz CT molecular complexity index is 969. The molecule has 8 heteroatoms. The number of hydrogen-bond acceptors (Lipinski definition) is 4. The van der Waals surface area contributed by atoms with Crippen molar-refractivity contribution in [3.63, 3.8) is 0 Å². The molecule has 138 valence electrons. The summed E-state index contributed by atoms with van der Waals surface area (Å²) in [6.45, 7) is -0.178. The zero-order chi connectivity index (χ0) is 19.2. The first kappa shape index (κ1) is 19.3.